The average Bonchev–Trinajstić information content (AvgIpc) is 2.75. The minimum Gasteiger partial charge on any atom is -0.478 e. The number of halogens is 1. The van der Waals surface area contributed by atoms with Crippen LogP contribution < -0.4 is 15.2 Å². The highest BCUT2D eigenvalue weighted by atomic mass is 35.5. The molecular formula is C22H19ClN4O3. The molecule has 5 rings (SSSR count). The van der Waals surface area contributed by atoms with E-state index < -0.39 is 5.54 Å². The fourth-order valence-electron chi connectivity index (χ4n) is 3.90. The van der Waals surface area contributed by atoms with Gasteiger partial charge in [0.15, 0.2) is 5.75 Å². The summed E-state index contributed by atoms with van der Waals surface area (Å²) in [5, 5.41) is 0.567. The average molecular weight is 423 g/mol. The van der Waals surface area contributed by atoms with E-state index in [2.05, 4.69) is 9.97 Å². The van der Waals surface area contributed by atoms with Crippen LogP contribution >= 0.6 is 11.6 Å². The Bertz CT molecular complexity index is 1170. The molecule has 0 saturated heterocycles. The van der Waals surface area contributed by atoms with Crippen molar-refractivity contribution < 1.29 is 14.2 Å². The summed E-state index contributed by atoms with van der Waals surface area (Å²) >= 11 is 6.15. The Kier molecular flexibility index (Phi) is 4.56. The molecule has 30 heavy (non-hydrogen) atoms. The van der Waals surface area contributed by atoms with Gasteiger partial charge in [-0.05, 0) is 30.7 Å². The number of aliphatic imine (C=N–C) groups is 1. The van der Waals surface area contributed by atoms with Gasteiger partial charge in [0, 0.05) is 35.2 Å². The van der Waals surface area contributed by atoms with Gasteiger partial charge in [0.1, 0.15) is 23.7 Å². The monoisotopic (exact) mass is 422 g/mol. The van der Waals surface area contributed by atoms with Gasteiger partial charge >= 0.3 is 0 Å². The Balaban J connectivity index is 1.73. The van der Waals surface area contributed by atoms with E-state index >= 15 is 0 Å². The second-order valence-corrected chi connectivity index (χ2v) is 7.55. The van der Waals surface area contributed by atoms with Crippen molar-refractivity contribution >= 4 is 17.4 Å². The zero-order chi connectivity index (χ0) is 20.7. The van der Waals surface area contributed by atoms with Crippen LogP contribution in [0.3, 0.4) is 0 Å². The van der Waals surface area contributed by atoms with Crippen LogP contribution in [0.1, 0.15) is 18.1 Å². The molecule has 2 aliphatic heterocycles. The third kappa shape index (κ3) is 3.07. The maximum atomic E-state index is 6.16. The Morgan fingerprint density at radius 2 is 1.97 bits per heavy atom. The molecule has 2 aromatic heterocycles. The fraction of sp³-hybridized carbons (Fsp3) is 0.227. The van der Waals surface area contributed by atoms with Crippen LogP contribution in [0.25, 0.3) is 11.1 Å². The van der Waals surface area contributed by atoms with Crippen molar-refractivity contribution in [2.75, 3.05) is 19.8 Å². The molecule has 0 unspecified atom stereocenters. The highest BCUT2D eigenvalue weighted by molar-refractivity contribution is 6.30. The second kappa shape index (κ2) is 7.27. The summed E-state index contributed by atoms with van der Waals surface area (Å²) in [5.74, 6) is 2.20. The van der Waals surface area contributed by atoms with Crippen molar-refractivity contribution in [2.45, 2.75) is 12.5 Å². The van der Waals surface area contributed by atoms with Crippen molar-refractivity contribution in [1.82, 2.24) is 9.97 Å². The summed E-state index contributed by atoms with van der Waals surface area (Å²) < 4.78 is 17.6. The lowest BCUT2D eigenvalue weighted by Gasteiger charge is -2.39. The van der Waals surface area contributed by atoms with E-state index in [9.17, 15) is 0 Å². The van der Waals surface area contributed by atoms with Crippen LogP contribution in [0.2, 0.25) is 5.02 Å². The van der Waals surface area contributed by atoms with Crippen molar-refractivity contribution in [3.63, 3.8) is 0 Å². The second-order valence-electron chi connectivity index (χ2n) is 7.11. The SMILES string of the molecule is CCOc1cc2c(cn1)Oc1ccc(-c3cncc(Cl)c3)cc1[C@@]21COCC(N)=N1. The van der Waals surface area contributed by atoms with Gasteiger partial charge in [0.2, 0.25) is 5.88 Å². The van der Waals surface area contributed by atoms with E-state index in [4.69, 9.17) is 36.5 Å². The predicted octanol–water partition coefficient (Wildman–Crippen LogP) is 3.93. The number of amidine groups is 1. The molecule has 0 aliphatic carbocycles. The van der Waals surface area contributed by atoms with Crippen LogP contribution in [0, 0.1) is 0 Å². The third-order valence-electron chi connectivity index (χ3n) is 5.16. The molecule has 4 heterocycles. The van der Waals surface area contributed by atoms with Crippen molar-refractivity contribution in [2.24, 2.45) is 10.7 Å². The van der Waals surface area contributed by atoms with E-state index in [0.717, 1.165) is 22.3 Å². The summed E-state index contributed by atoms with van der Waals surface area (Å²) in [4.78, 5) is 13.4. The Hall–Kier alpha value is -3.16. The number of pyridine rings is 2. The van der Waals surface area contributed by atoms with E-state index in [0.29, 0.717) is 41.5 Å². The summed E-state index contributed by atoms with van der Waals surface area (Å²) in [6, 6.07) is 9.61. The first-order chi connectivity index (χ1) is 14.6. The molecular weight excluding hydrogens is 404 g/mol. The van der Waals surface area contributed by atoms with Crippen LogP contribution in [0.5, 0.6) is 17.4 Å². The van der Waals surface area contributed by atoms with E-state index in [1.165, 1.54) is 0 Å². The molecule has 0 saturated carbocycles. The van der Waals surface area contributed by atoms with Crippen LogP contribution in [0.15, 0.2) is 53.9 Å². The molecule has 0 bridgehead atoms. The first-order valence-corrected chi connectivity index (χ1v) is 9.95. The molecule has 1 aromatic carbocycles. The summed E-state index contributed by atoms with van der Waals surface area (Å²) in [5.41, 5.74) is 8.76. The number of rotatable bonds is 3. The number of benzene rings is 1. The lowest BCUT2D eigenvalue weighted by atomic mass is 9.80. The van der Waals surface area contributed by atoms with Gasteiger partial charge in [0.25, 0.3) is 0 Å². The number of fused-ring (bicyclic) bond motifs is 4. The molecule has 2 N–H and O–H groups in total. The van der Waals surface area contributed by atoms with Crippen LogP contribution in [-0.2, 0) is 10.3 Å². The standard InChI is InChI=1S/C22H19ClN4O3/c1-2-29-21-7-17-19(10-26-21)30-18-4-3-13(14-5-15(23)9-25-8-14)6-16(18)22(17)12-28-11-20(24)27-22/h3-10H,2,11-12H2,1H3,(H2,24,27)/t22-/m0/s1. The van der Waals surface area contributed by atoms with Gasteiger partial charge < -0.3 is 19.9 Å². The molecule has 3 aromatic rings. The highest BCUT2D eigenvalue weighted by Gasteiger charge is 2.45. The smallest absolute Gasteiger partial charge is 0.213 e. The summed E-state index contributed by atoms with van der Waals surface area (Å²) in [6.45, 7) is 3.02. The quantitative estimate of drug-likeness (QED) is 0.687. The zero-order valence-corrected chi connectivity index (χ0v) is 17.0. The molecule has 0 fully saturated rings. The Labute approximate surface area is 178 Å². The number of hydrogen-bond acceptors (Lipinski definition) is 7. The molecule has 2 aliphatic rings. The lowest BCUT2D eigenvalue weighted by molar-refractivity contribution is 0.109. The number of hydrogen-bond donors (Lipinski definition) is 1. The van der Waals surface area contributed by atoms with Gasteiger partial charge in [-0.15, -0.1) is 0 Å². The summed E-state index contributed by atoms with van der Waals surface area (Å²) in [6.07, 6.45) is 5.02. The number of nitrogens with two attached hydrogens (primary N) is 1. The normalized spacial score (nSPS) is 19.5. The van der Waals surface area contributed by atoms with Gasteiger partial charge in [-0.1, -0.05) is 17.7 Å². The number of ether oxygens (including phenoxy) is 3. The first-order valence-electron chi connectivity index (χ1n) is 9.57. The third-order valence-corrected chi connectivity index (χ3v) is 5.37. The van der Waals surface area contributed by atoms with Crippen molar-refractivity contribution in [1.29, 1.82) is 0 Å². The molecule has 1 atom stereocenters. The van der Waals surface area contributed by atoms with Gasteiger partial charge in [0.05, 0.1) is 24.4 Å². The first kappa shape index (κ1) is 18.8. The van der Waals surface area contributed by atoms with Gasteiger partial charge in [-0.2, -0.15) is 0 Å². The highest BCUT2D eigenvalue weighted by Crippen LogP contribution is 2.51. The molecule has 0 radical (unpaired) electrons. The van der Waals surface area contributed by atoms with Gasteiger partial charge in [-0.25, -0.2) is 4.98 Å². The Morgan fingerprint density at radius 3 is 2.77 bits per heavy atom. The largest absolute Gasteiger partial charge is 0.478 e. The minimum atomic E-state index is -0.859. The van der Waals surface area contributed by atoms with Crippen LogP contribution in [-0.4, -0.2) is 35.6 Å². The molecule has 1 spiro atoms. The fourth-order valence-corrected chi connectivity index (χ4v) is 4.07. The topological polar surface area (TPSA) is 91.8 Å². The zero-order valence-electron chi connectivity index (χ0n) is 16.3. The van der Waals surface area contributed by atoms with Crippen molar-refractivity contribution in [3.8, 4) is 28.5 Å². The van der Waals surface area contributed by atoms with E-state index in [-0.39, 0.29) is 6.61 Å². The Morgan fingerprint density at radius 1 is 1.10 bits per heavy atom. The van der Waals surface area contributed by atoms with Gasteiger partial charge in [-0.3, -0.25) is 9.98 Å². The number of aromatic nitrogens is 2. The lowest BCUT2D eigenvalue weighted by Crippen LogP contribution is -2.42. The summed E-state index contributed by atoms with van der Waals surface area (Å²) in [7, 11) is 0. The van der Waals surface area contributed by atoms with E-state index in [1.807, 2.05) is 37.3 Å². The molecule has 152 valence electrons. The molecule has 7 nitrogen and oxygen atoms in total. The minimum absolute atomic E-state index is 0.286. The molecule has 8 heteroatoms. The molecule has 0 amide bonds. The predicted molar refractivity (Wildman–Crippen MR) is 113 cm³/mol. The van der Waals surface area contributed by atoms with Crippen molar-refractivity contribution in [3.05, 3.63) is 65.1 Å². The number of nitrogens with zero attached hydrogens (tertiary/aromatic N) is 3. The van der Waals surface area contributed by atoms with Crippen LogP contribution in [0.4, 0.5) is 0 Å². The van der Waals surface area contributed by atoms with E-state index in [1.54, 1.807) is 18.6 Å². The maximum absolute atomic E-state index is 6.16. The maximum Gasteiger partial charge on any atom is 0.213 e.